The van der Waals surface area contributed by atoms with Crippen LogP contribution >= 0.6 is 24.2 Å². The Bertz CT molecular complexity index is 500. The van der Waals surface area contributed by atoms with Crippen molar-refractivity contribution in [2.75, 3.05) is 31.3 Å². The Balaban J connectivity index is 0.00000161. The first-order valence-electron chi connectivity index (χ1n) is 7.29. The summed E-state index contributed by atoms with van der Waals surface area (Å²) in [6, 6.07) is 8.25. The fourth-order valence-electron chi connectivity index (χ4n) is 3.34. The summed E-state index contributed by atoms with van der Waals surface area (Å²) in [4.78, 5) is 15.7. The lowest BCUT2D eigenvalue weighted by Crippen LogP contribution is -2.34. The van der Waals surface area contributed by atoms with Gasteiger partial charge in [-0.1, -0.05) is 0 Å². The zero-order valence-electron chi connectivity index (χ0n) is 12.6. The predicted octanol–water partition coefficient (Wildman–Crippen LogP) is 3.18. The molecule has 1 aliphatic heterocycles. The molecule has 1 atom stereocenters. The van der Waals surface area contributed by atoms with Gasteiger partial charge in [-0.05, 0) is 68.3 Å². The maximum atomic E-state index is 12.6. The van der Waals surface area contributed by atoms with Crippen LogP contribution in [-0.2, 0) is 4.79 Å². The SMILES string of the molecule is CSc1ccc(N(C)C(=O)C2CC23CCNCC3)cc1.Cl. The Kier molecular flexibility index (Phi) is 5.23. The summed E-state index contributed by atoms with van der Waals surface area (Å²) in [7, 11) is 1.91. The second-order valence-electron chi connectivity index (χ2n) is 5.96. The summed E-state index contributed by atoms with van der Waals surface area (Å²) in [6.07, 6.45) is 5.46. The Hall–Kier alpha value is -0.710. The molecular formula is C16H23ClN2OS. The van der Waals surface area contributed by atoms with E-state index in [0.717, 1.165) is 38.0 Å². The number of anilines is 1. The van der Waals surface area contributed by atoms with Crippen molar-refractivity contribution in [1.82, 2.24) is 5.32 Å². The number of thioether (sulfide) groups is 1. The van der Waals surface area contributed by atoms with Crippen molar-refractivity contribution < 1.29 is 4.79 Å². The van der Waals surface area contributed by atoms with Crippen LogP contribution in [0.1, 0.15) is 19.3 Å². The number of carbonyl (C=O) groups is 1. The van der Waals surface area contributed by atoms with E-state index in [9.17, 15) is 4.79 Å². The maximum Gasteiger partial charge on any atom is 0.230 e. The molecule has 1 aliphatic carbocycles. The average molecular weight is 327 g/mol. The lowest BCUT2D eigenvalue weighted by atomic mass is 9.91. The van der Waals surface area contributed by atoms with Gasteiger partial charge in [0.15, 0.2) is 0 Å². The molecule has 1 aromatic carbocycles. The van der Waals surface area contributed by atoms with Crippen LogP contribution in [0.5, 0.6) is 0 Å². The van der Waals surface area contributed by atoms with Crippen molar-refractivity contribution in [2.24, 2.45) is 11.3 Å². The van der Waals surface area contributed by atoms with Gasteiger partial charge in [-0.25, -0.2) is 0 Å². The molecule has 0 aromatic heterocycles. The zero-order valence-corrected chi connectivity index (χ0v) is 14.2. The topological polar surface area (TPSA) is 32.3 Å². The average Bonchev–Trinajstić information content (AvgIpc) is 3.19. The fraction of sp³-hybridized carbons (Fsp3) is 0.562. The molecule has 3 rings (SSSR count). The van der Waals surface area contributed by atoms with E-state index in [1.54, 1.807) is 11.8 Å². The standard InChI is InChI=1S/C16H22N2OS.ClH/c1-18(12-3-5-13(20-2)6-4-12)15(19)14-11-16(14)7-9-17-10-8-16;/h3-6,14,17H,7-11H2,1-2H3;1H. The van der Waals surface area contributed by atoms with Crippen LogP contribution in [0.2, 0.25) is 0 Å². The van der Waals surface area contributed by atoms with E-state index < -0.39 is 0 Å². The molecule has 116 valence electrons. The predicted molar refractivity (Wildman–Crippen MR) is 91.5 cm³/mol. The third-order valence-electron chi connectivity index (χ3n) is 4.88. The fourth-order valence-corrected chi connectivity index (χ4v) is 3.75. The molecule has 1 unspecified atom stereocenters. The van der Waals surface area contributed by atoms with E-state index in [4.69, 9.17) is 0 Å². The summed E-state index contributed by atoms with van der Waals surface area (Å²) in [6.45, 7) is 2.13. The highest BCUT2D eigenvalue weighted by Gasteiger charge is 2.58. The molecule has 1 heterocycles. The van der Waals surface area contributed by atoms with Gasteiger partial charge in [0, 0.05) is 23.5 Å². The van der Waals surface area contributed by atoms with Gasteiger partial charge in [-0.15, -0.1) is 24.2 Å². The molecule has 5 heteroatoms. The molecule has 0 bridgehead atoms. The third kappa shape index (κ3) is 3.22. The molecule has 1 spiro atoms. The number of rotatable bonds is 3. The zero-order chi connectivity index (χ0) is 14.2. The number of halogens is 1. The summed E-state index contributed by atoms with van der Waals surface area (Å²) >= 11 is 1.72. The minimum absolute atomic E-state index is 0. The van der Waals surface area contributed by atoms with Gasteiger partial charge in [0.1, 0.15) is 0 Å². The second-order valence-corrected chi connectivity index (χ2v) is 6.84. The monoisotopic (exact) mass is 326 g/mol. The van der Waals surface area contributed by atoms with Gasteiger partial charge in [0.25, 0.3) is 0 Å². The number of hydrogen-bond acceptors (Lipinski definition) is 3. The molecule has 2 fully saturated rings. The van der Waals surface area contributed by atoms with Gasteiger partial charge in [-0.3, -0.25) is 4.79 Å². The molecule has 2 aliphatic rings. The summed E-state index contributed by atoms with van der Waals surface area (Å²) in [5.41, 5.74) is 1.32. The summed E-state index contributed by atoms with van der Waals surface area (Å²) in [5, 5.41) is 3.39. The molecule has 1 N–H and O–H groups in total. The minimum Gasteiger partial charge on any atom is -0.317 e. The molecule has 3 nitrogen and oxygen atoms in total. The number of nitrogens with one attached hydrogen (secondary N) is 1. The van der Waals surface area contributed by atoms with E-state index in [2.05, 4.69) is 23.7 Å². The number of nitrogens with zero attached hydrogens (tertiary/aromatic N) is 1. The maximum absolute atomic E-state index is 12.6. The van der Waals surface area contributed by atoms with Crippen LogP contribution < -0.4 is 10.2 Å². The summed E-state index contributed by atoms with van der Waals surface area (Å²) < 4.78 is 0. The lowest BCUT2D eigenvalue weighted by Gasteiger charge is -2.25. The number of piperidine rings is 1. The van der Waals surface area contributed by atoms with Crippen molar-refractivity contribution in [3.05, 3.63) is 24.3 Å². The molecular weight excluding hydrogens is 304 g/mol. The number of hydrogen-bond donors (Lipinski definition) is 1. The van der Waals surface area contributed by atoms with Gasteiger partial charge >= 0.3 is 0 Å². The van der Waals surface area contributed by atoms with Gasteiger partial charge in [0.05, 0.1) is 0 Å². The van der Waals surface area contributed by atoms with Crippen LogP contribution in [0, 0.1) is 11.3 Å². The van der Waals surface area contributed by atoms with Crippen molar-refractivity contribution in [3.63, 3.8) is 0 Å². The normalized spacial score (nSPS) is 22.5. The molecule has 1 amide bonds. The Morgan fingerprint density at radius 3 is 2.48 bits per heavy atom. The Labute approximate surface area is 137 Å². The quantitative estimate of drug-likeness (QED) is 0.866. The van der Waals surface area contributed by atoms with E-state index in [-0.39, 0.29) is 18.3 Å². The van der Waals surface area contributed by atoms with Gasteiger partial charge < -0.3 is 10.2 Å². The van der Waals surface area contributed by atoms with E-state index in [1.165, 1.54) is 4.90 Å². The first kappa shape index (κ1) is 16.7. The highest BCUT2D eigenvalue weighted by atomic mass is 35.5. The van der Waals surface area contributed by atoms with E-state index in [0.29, 0.717) is 11.3 Å². The van der Waals surface area contributed by atoms with Crippen molar-refractivity contribution in [1.29, 1.82) is 0 Å². The largest absolute Gasteiger partial charge is 0.317 e. The molecule has 21 heavy (non-hydrogen) atoms. The van der Waals surface area contributed by atoms with Crippen LogP contribution in [0.4, 0.5) is 5.69 Å². The minimum atomic E-state index is 0. The van der Waals surface area contributed by atoms with Crippen molar-refractivity contribution in [3.8, 4) is 0 Å². The first-order valence-corrected chi connectivity index (χ1v) is 8.51. The lowest BCUT2D eigenvalue weighted by molar-refractivity contribution is -0.120. The van der Waals surface area contributed by atoms with Gasteiger partial charge in [-0.2, -0.15) is 0 Å². The van der Waals surface area contributed by atoms with Gasteiger partial charge in [0.2, 0.25) is 5.91 Å². The van der Waals surface area contributed by atoms with Crippen molar-refractivity contribution in [2.45, 2.75) is 24.2 Å². The second kappa shape index (κ2) is 6.59. The number of benzene rings is 1. The number of amides is 1. The number of carbonyl (C=O) groups excluding carboxylic acids is 1. The van der Waals surface area contributed by atoms with E-state index >= 15 is 0 Å². The molecule has 1 saturated carbocycles. The Morgan fingerprint density at radius 1 is 1.29 bits per heavy atom. The smallest absolute Gasteiger partial charge is 0.230 e. The first-order chi connectivity index (χ1) is 9.66. The van der Waals surface area contributed by atoms with Crippen LogP contribution in [0.15, 0.2) is 29.2 Å². The molecule has 1 aromatic rings. The van der Waals surface area contributed by atoms with Crippen molar-refractivity contribution >= 4 is 35.8 Å². The highest BCUT2D eigenvalue weighted by Crippen LogP contribution is 2.59. The third-order valence-corrected chi connectivity index (χ3v) is 5.62. The highest BCUT2D eigenvalue weighted by molar-refractivity contribution is 7.98. The Morgan fingerprint density at radius 2 is 1.90 bits per heavy atom. The summed E-state index contributed by atoms with van der Waals surface area (Å²) in [5.74, 6) is 0.540. The van der Waals surface area contributed by atoms with Crippen LogP contribution in [0.3, 0.4) is 0 Å². The molecule has 0 radical (unpaired) electrons. The van der Waals surface area contributed by atoms with E-state index in [1.807, 2.05) is 24.1 Å². The molecule has 1 saturated heterocycles. The van der Waals surface area contributed by atoms with Crippen LogP contribution in [-0.4, -0.2) is 32.3 Å². The van der Waals surface area contributed by atoms with Crippen LogP contribution in [0.25, 0.3) is 0 Å².